The molecular weight excluding hydrogens is 499 g/mol. The van der Waals surface area contributed by atoms with Crippen molar-refractivity contribution in [1.82, 2.24) is 9.97 Å². The molecule has 1 aliphatic rings. The van der Waals surface area contributed by atoms with Crippen molar-refractivity contribution in [2.45, 2.75) is 30.2 Å². The summed E-state index contributed by atoms with van der Waals surface area (Å²) in [6.07, 6.45) is 5.90. The monoisotopic (exact) mass is 518 g/mol. The Morgan fingerprint density at radius 1 is 1.19 bits per heavy atom. The zero-order valence-electron chi connectivity index (χ0n) is 17.1. The highest BCUT2D eigenvalue weighted by Gasteiger charge is 2.28. The first-order valence-corrected chi connectivity index (χ1v) is 12.5. The minimum Gasteiger partial charge on any atom is -0.398 e. The van der Waals surface area contributed by atoms with Gasteiger partial charge in [-0.05, 0) is 64.7 Å². The number of carbonyl (C=O) groups is 1. The van der Waals surface area contributed by atoms with Crippen molar-refractivity contribution in [2.75, 3.05) is 16.9 Å². The van der Waals surface area contributed by atoms with Gasteiger partial charge in [0.25, 0.3) is 5.91 Å². The van der Waals surface area contributed by atoms with E-state index in [4.69, 9.17) is 5.73 Å². The second-order valence-electron chi connectivity index (χ2n) is 7.74. The van der Waals surface area contributed by atoms with Gasteiger partial charge in [0, 0.05) is 34.7 Å². The lowest BCUT2D eigenvalue weighted by Gasteiger charge is -2.25. The van der Waals surface area contributed by atoms with E-state index in [-0.39, 0.29) is 22.7 Å². The van der Waals surface area contributed by atoms with Gasteiger partial charge < -0.3 is 10.6 Å². The summed E-state index contributed by atoms with van der Waals surface area (Å²) >= 11 is 3.33. The Hall–Kier alpha value is -2.85. The van der Waals surface area contributed by atoms with Gasteiger partial charge in [-0.25, -0.2) is 22.8 Å². The fraction of sp³-hybridized carbons (Fsp3) is 0.227. The highest BCUT2D eigenvalue weighted by atomic mass is 79.9. The van der Waals surface area contributed by atoms with Crippen molar-refractivity contribution in [2.24, 2.45) is 0 Å². The van der Waals surface area contributed by atoms with Crippen molar-refractivity contribution in [3.63, 3.8) is 0 Å². The molecule has 1 saturated carbocycles. The normalized spacial score (nSPS) is 13.7. The molecule has 3 aromatic rings. The molecule has 2 aromatic carbocycles. The molecular formula is C22H20BrFN4O3S. The van der Waals surface area contributed by atoms with E-state index in [1.165, 1.54) is 23.4 Å². The van der Waals surface area contributed by atoms with E-state index in [1.54, 1.807) is 18.2 Å². The molecule has 0 atom stereocenters. The van der Waals surface area contributed by atoms with Crippen LogP contribution in [0.1, 0.15) is 40.5 Å². The van der Waals surface area contributed by atoms with Gasteiger partial charge in [0.05, 0.1) is 22.7 Å². The van der Waals surface area contributed by atoms with E-state index < -0.39 is 21.6 Å². The number of nitrogen functional groups attached to an aromatic ring is 1. The molecule has 0 bridgehead atoms. The number of anilines is 2. The zero-order chi connectivity index (χ0) is 23.0. The second kappa shape index (κ2) is 8.59. The second-order valence-corrected chi connectivity index (χ2v) is 10.6. The van der Waals surface area contributed by atoms with Crippen LogP contribution in [0.5, 0.6) is 0 Å². The molecule has 7 nitrogen and oxygen atoms in total. The summed E-state index contributed by atoms with van der Waals surface area (Å²) in [7, 11) is -3.83. The standard InChI is InChI=1S/C22H20BrFN4O3S/c1-32(30,31)20-9-16(24)5-7-19(20)28(12-13-2-6-17(23)18(25)8-13)22(29)15-10-26-21(27-11-15)14-3-4-14/h2,5-11,14H,3-4,12,25H2,1H3. The summed E-state index contributed by atoms with van der Waals surface area (Å²) in [5.41, 5.74) is 7.37. The lowest BCUT2D eigenvalue weighted by molar-refractivity contribution is 0.0984. The number of rotatable bonds is 6. The van der Waals surface area contributed by atoms with Crippen LogP contribution < -0.4 is 10.6 Å². The van der Waals surface area contributed by atoms with Crippen LogP contribution in [0.25, 0.3) is 0 Å². The molecule has 10 heteroatoms. The third-order valence-corrected chi connectivity index (χ3v) is 6.97. The van der Waals surface area contributed by atoms with Gasteiger partial charge in [-0.1, -0.05) is 6.07 Å². The van der Waals surface area contributed by atoms with Crippen molar-refractivity contribution in [1.29, 1.82) is 0 Å². The highest BCUT2D eigenvalue weighted by Crippen LogP contribution is 2.37. The van der Waals surface area contributed by atoms with Crippen LogP contribution in [0.2, 0.25) is 0 Å². The average Bonchev–Trinajstić information content (AvgIpc) is 3.59. The Morgan fingerprint density at radius 2 is 1.88 bits per heavy atom. The predicted octanol–water partition coefficient (Wildman–Crippen LogP) is 4.09. The number of nitrogens with two attached hydrogens (primary N) is 1. The van der Waals surface area contributed by atoms with Gasteiger partial charge in [0.15, 0.2) is 9.84 Å². The summed E-state index contributed by atoms with van der Waals surface area (Å²) in [4.78, 5) is 23.1. The van der Waals surface area contributed by atoms with Crippen LogP contribution >= 0.6 is 15.9 Å². The number of benzene rings is 2. The zero-order valence-corrected chi connectivity index (χ0v) is 19.5. The van der Waals surface area contributed by atoms with Crippen molar-refractivity contribution >= 4 is 43.0 Å². The van der Waals surface area contributed by atoms with Crippen LogP contribution in [-0.4, -0.2) is 30.5 Å². The predicted molar refractivity (Wildman–Crippen MR) is 123 cm³/mol. The largest absolute Gasteiger partial charge is 0.398 e. The molecule has 0 unspecified atom stereocenters. The first-order chi connectivity index (χ1) is 15.1. The molecule has 0 saturated heterocycles. The van der Waals surface area contributed by atoms with Gasteiger partial charge in [0.2, 0.25) is 0 Å². The van der Waals surface area contributed by atoms with Gasteiger partial charge in [-0.3, -0.25) is 4.79 Å². The van der Waals surface area contributed by atoms with E-state index in [2.05, 4.69) is 25.9 Å². The number of nitrogens with zero attached hydrogens (tertiary/aromatic N) is 3. The van der Waals surface area contributed by atoms with Gasteiger partial charge in [-0.15, -0.1) is 0 Å². The number of carbonyl (C=O) groups excluding carboxylic acids is 1. The number of hydrogen-bond acceptors (Lipinski definition) is 6. The molecule has 1 heterocycles. The third kappa shape index (κ3) is 4.81. The average molecular weight is 519 g/mol. The molecule has 1 amide bonds. The smallest absolute Gasteiger partial charge is 0.261 e. The van der Waals surface area contributed by atoms with E-state index >= 15 is 0 Å². The summed E-state index contributed by atoms with van der Waals surface area (Å²) in [5.74, 6) is -0.209. The van der Waals surface area contributed by atoms with Crippen molar-refractivity contribution in [3.8, 4) is 0 Å². The molecule has 1 aromatic heterocycles. The molecule has 0 radical (unpaired) electrons. The molecule has 32 heavy (non-hydrogen) atoms. The fourth-order valence-electron chi connectivity index (χ4n) is 3.31. The number of sulfone groups is 1. The highest BCUT2D eigenvalue weighted by molar-refractivity contribution is 9.10. The maximum absolute atomic E-state index is 13.9. The third-order valence-electron chi connectivity index (χ3n) is 5.12. The maximum atomic E-state index is 13.9. The van der Waals surface area contributed by atoms with Gasteiger partial charge in [0.1, 0.15) is 11.6 Å². The summed E-state index contributed by atoms with van der Waals surface area (Å²) in [5, 5.41) is 0. The van der Waals surface area contributed by atoms with E-state index in [1.807, 2.05) is 0 Å². The number of hydrogen-bond donors (Lipinski definition) is 1. The van der Waals surface area contributed by atoms with Crippen LogP contribution in [0.4, 0.5) is 15.8 Å². The number of amides is 1. The Morgan fingerprint density at radius 3 is 2.47 bits per heavy atom. The minimum atomic E-state index is -3.83. The fourth-order valence-corrected chi connectivity index (χ4v) is 4.44. The SMILES string of the molecule is CS(=O)(=O)c1cc(F)ccc1N(Cc1ccc(Br)c(N)c1)C(=O)c1cnc(C2CC2)nc1. The molecule has 4 rings (SSSR count). The van der Waals surface area contributed by atoms with E-state index in [0.29, 0.717) is 27.5 Å². The number of aromatic nitrogens is 2. The molecule has 1 fully saturated rings. The minimum absolute atomic E-state index is 0.00877. The van der Waals surface area contributed by atoms with Crippen LogP contribution in [0, 0.1) is 5.82 Å². The van der Waals surface area contributed by atoms with Gasteiger partial charge in [-0.2, -0.15) is 0 Å². The molecule has 0 spiro atoms. The van der Waals surface area contributed by atoms with Crippen molar-refractivity contribution in [3.05, 3.63) is 76.0 Å². The Balaban J connectivity index is 1.79. The Bertz CT molecular complexity index is 1300. The molecule has 1 aliphatic carbocycles. The Labute approximate surface area is 193 Å². The molecule has 0 aliphatic heterocycles. The van der Waals surface area contributed by atoms with Crippen LogP contribution in [-0.2, 0) is 16.4 Å². The topological polar surface area (TPSA) is 106 Å². The molecule has 2 N–H and O–H groups in total. The first kappa shape index (κ1) is 22.3. The lowest BCUT2D eigenvalue weighted by atomic mass is 10.1. The van der Waals surface area contributed by atoms with E-state index in [9.17, 15) is 17.6 Å². The van der Waals surface area contributed by atoms with Gasteiger partial charge >= 0.3 is 0 Å². The summed E-state index contributed by atoms with van der Waals surface area (Å²) < 4.78 is 39.4. The van der Waals surface area contributed by atoms with Crippen LogP contribution in [0.15, 0.2) is 58.2 Å². The van der Waals surface area contributed by atoms with E-state index in [0.717, 1.165) is 31.2 Å². The summed E-state index contributed by atoms with van der Waals surface area (Å²) in [6, 6.07) is 8.49. The van der Waals surface area contributed by atoms with Crippen molar-refractivity contribution < 1.29 is 17.6 Å². The maximum Gasteiger partial charge on any atom is 0.261 e. The molecule has 166 valence electrons. The number of halogens is 2. The first-order valence-electron chi connectivity index (χ1n) is 9.81. The lowest BCUT2D eigenvalue weighted by Crippen LogP contribution is -2.32. The summed E-state index contributed by atoms with van der Waals surface area (Å²) in [6.45, 7) is 0.00877. The Kier molecular flexibility index (Phi) is 6.00. The van der Waals surface area contributed by atoms with Crippen LogP contribution in [0.3, 0.4) is 0 Å². The quantitative estimate of drug-likeness (QED) is 0.492.